The molecule has 1 aliphatic heterocycles. The average Bonchev–Trinajstić information content (AvgIpc) is 3.18. The van der Waals surface area contributed by atoms with E-state index < -0.39 is 17.7 Å². The molecule has 192 valence electrons. The Balaban J connectivity index is 1.84. The Morgan fingerprint density at radius 2 is 1.62 bits per heavy atom. The number of ketones is 1. The van der Waals surface area contributed by atoms with E-state index >= 15 is 0 Å². The molecular weight excluding hydrogens is 466 g/mol. The largest absolute Gasteiger partial charge is 0.507 e. The van der Waals surface area contributed by atoms with E-state index in [1.54, 1.807) is 48.5 Å². The van der Waals surface area contributed by atoms with Gasteiger partial charge in [0.05, 0.1) is 24.8 Å². The van der Waals surface area contributed by atoms with Gasteiger partial charge in [0.25, 0.3) is 11.7 Å². The number of anilines is 1. The molecule has 3 aromatic rings. The van der Waals surface area contributed by atoms with Crippen LogP contribution >= 0.6 is 0 Å². The minimum absolute atomic E-state index is 0.0475. The standard InChI is InChI=1S/C31H33NO5/c1-5-18-37-25-16-14-23(15-17-25)29(33)27-28(22-12-10-21(11-13-22)20(3)4)32(31(35)30(27)34)24-8-7-9-26(19-24)36-6-2/h7-17,19-20,28,33H,5-6,18H2,1-4H3/b29-27+. The van der Waals surface area contributed by atoms with Crippen LogP contribution in [0.3, 0.4) is 0 Å². The molecule has 1 heterocycles. The van der Waals surface area contributed by atoms with Gasteiger partial charge < -0.3 is 14.6 Å². The lowest BCUT2D eigenvalue weighted by atomic mass is 9.93. The zero-order valence-corrected chi connectivity index (χ0v) is 21.7. The predicted molar refractivity (Wildman–Crippen MR) is 145 cm³/mol. The molecule has 0 radical (unpaired) electrons. The Kier molecular flexibility index (Phi) is 7.97. The van der Waals surface area contributed by atoms with Gasteiger partial charge in [0.1, 0.15) is 17.3 Å². The first-order valence-electron chi connectivity index (χ1n) is 12.7. The summed E-state index contributed by atoms with van der Waals surface area (Å²) in [7, 11) is 0. The lowest BCUT2D eigenvalue weighted by Crippen LogP contribution is -2.29. The lowest BCUT2D eigenvalue weighted by Gasteiger charge is -2.26. The molecule has 0 spiro atoms. The fraction of sp³-hybridized carbons (Fsp3) is 0.290. The summed E-state index contributed by atoms with van der Waals surface area (Å²) in [6.45, 7) is 9.18. The third-order valence-electron chi connectivity index (χ3n) is 6.37. The van der Waals surface area contributed by atoms with Gasteiger partial charge in [-0.05, 0) is 66.8 Å². The molecule has 3 aromatic carbocycles. The highest BCUT2D eigenvalue weighted by atomic mass is 16.5. The summed E-state index contributed by atoms with van der Waals surface area (Å²) >= 11 is 0. The van der Waals surface area contributed by atoms with E-state index in [0.29, 0.717) is 41.9 Å². The van der Waals surface area contributed by atoms with Crippen LogP contribution in [0.5, 0.6) is 11.5 Å². The normalized spacial score (nSPS) is 16.9. The SMILES string of the molecule is CCCOc1ccc(/C(O)=C2\C(=O)C(=O)N(c3cccc(OCC)c3)C2c2ccc(C(C)C)cc2)cc1. The van der Waals surface area contributed by atoms with Crippen LogP contribution in [0.4, 0.5) is 5.69 Å². The Morgan fingerprint density at radius 3 is 2.24 bits per heavy atom. The quantitative estimate of drug-likeness (QED) is 0.203. The Bertz CT molecular complexity index is 1290. The number of hydrogen-bond donors (Lipinski definition) is 1. The van der Waals surface area contributed by atoms with Crippen molar-refractivity contribution in [3.05, 3.63) is 95.1 Å². The van der Waals surface area contributed by atoms with Gasteiger partial charge >= 0.3 is 0 Å². The van der Waals surface area contributed by atoms with E-state index in [1.807, 2.05) is 38.1 Å². The molecule has 1 aliphatic rings. The number of rotatable bonds is 9. The molecule has 1 fully saturated rings. The van der Waals surface area contributed by atoms with Gasteiger partial charge in [0, 0.05) is 17.3 Å². The molecular formula is C31H33NO5. The molecule has 0 aliphatic carbocycles. The Hall–Kier alpha value is -4.06. The van der Waals surface area contributed by atoms with Crippen LogP contribution < -0.4 is 14.4 Å². The highest BCUT2D eigenvalue weighted by Crippen LogP contribution is 2.43. The zero-order valence-electron chi connectivity index (χ0n) is 21.7. The molecule has 1 unspecified atom stereocenters. The summed E-state index contributed by atoms with van der Waals surface area (Å²) < 4.78 is 11.3. The zero-order chi connectivity index (χ0) is 26.5. The summed E-state index contributed by atoms with van der Waals surface area (Å²) in [6, 6.07) is 21.0. The number of amides is 1. The van der Waals surface area contributed by atoms with Crippen molar-refractivity contribution in [3.63, 3.8) is 0 Å². The van der Waals surface area contributed by atoms with E-state index in [0.717, 1.165) is 17.5 Å². The molecule has 0 bridgehead atoms. The minimum atomic E-state index is -0.797. The molecule has 1 saturated heterocycles. The summed E-state index contributed by atoms with van der Waals surface area (Å²) in [5, 5.41) is 11.4. The molecule has 4 rings (SSSR count). The second kappa shape index (κ2) is 11.3. The van der Waals surface area contributed by atoms with Crippen LogP contribution in [-0.4, -0.2) is 30.0 Å². The van der Waals surface area contributed by atoms with Gasteiger partial charge in [-0.3, -0.25) is 14.5 Å². The first-order valence-corrected chi connectivity index (χ1v) is 12.7. The van der Waals surface area contributed by atoms with Crippen LogP contribution in [0.25, 0.3) is 5.76 Å². The maximum atomic E-state index is 13.4. The first-order chi connectivity index (χ1) is 17.8. The van der Waals surface area contributed by atoms with Crippen molar-refractivity contribution in [2.45, 2.75) is 46.1 Å². The lowest BCUT2D eigenvalue weighted by molar-refractivity contribution is -0.132. The Labute approximate surface area is 218 Å². The molecule has 0 aromatic heterocycles. The number of Topliss-reactive ketones (excluding diaryl/α,β-unsaturated/α-hetero) is 1. The molecule has 6 heteroatoms. The van der Waals surface area contributed by atoms with Crippen LogP contribution in [-0.2, 0) is 9.59 Å². The van der Waals surface area contributed by atoms with E-state index in [-0.39, 0.29) is 11.3 Å². The predicted octanol–water partition coefficient (Wildman–Crippen LogP) is 6.62. The first kappa shape index (κ1) is 26.0. The van der Waals surface area contributed by atoms with Crippen molar-refractivity contribution < 1.29 is 24.2 Å². The molecule has 1 atom stereocenters. The number of hydrogen-bond acceptors (Lipinski definition) is 5. The molecule has 1 N–H and O–H groups in total. The van der Waals surface area contributed by atoms with Crippen molar-refractivity contribution >= 4 is 23.1 Å². The smallest absolute Gasteiger partial charge is 0.300 e. The van der Waals surface area contributed by atoms with Crippen molar-refractivity contribution in [1.29, 1.82) is 0 Å². The Morgan fingerprint density at radius 1 is 0.919 bits per heavy atom. The second-order valence-electron chi connectivity index (χ2n) is 9.29. The van der Waals surface area contributed by atoms with Crippen LogP contribution in [0.2, 0.25) is 0 Å². The maximum Gasteiger partial charge on any atom is 0.300 e. The van der Waals surface area contributed by atoms with Crippen molar-refractivity contribution in [1.82, 2.24) is 0 Å². The number of aliphatic hydroxyl groups is 1. The number of carbonyl (C=O) groups excluding carboxylic acids is 2. The number of benzene rings is 3. The summed E-state index contributed by atoms with van der Waals surface area (Å²) in [5.74, 6) is -0.0519. The summed E-state index contributed by atoms with van der Waals surface area (Å²) in [4.78, 5) is 28.3. The van der Waals surface area contributed by atoms with Crippen molar-refractivity contribution in [2.24, 2.45) is 0 Å². The minimum Gasteiger partial charge on any atom is -0.507 e. The van der Waals surface area contributed by atoms with Gasteiger partial charge in [-0.2, -0.15) is 0 Å². The highest BCUT2D eigenvalue weighted by molar-refractivity contribution is 6.51. The van der Waals surface area contributed by atoms with Crippen LogP contribution in [0, 0.1) is 0 Å². The van der Waals surface area contributed by atoms with Crippen LogP contribution in [0.15, 0.2) is 78.4 Å². The second-order valence-corrected chi connectivity index (χ2v) is 9.29. The van der Waals surface area contributed by atoms with Gasteiger partial charge in [-0.1, -0.05) is 51.1 Å². The fourth-order valence-electron chi connectivity index (χ4n) is 4.45. The van der Waals surface area contributed by atoms with E-state index in [2.05, 4.69) is 13.8 Å². The van der Waals surface area contributed by atoms with E-state index in [4.69, 9.17) is 9.47 Å². The van der Waals surface area contributed by atoms with Crippen molar-refractivity contribution in [3.8, 4) is 11.5 Å². The molecule has 37 heavy (non-hydrogen) atoms. The van der Waals surface area contributed by atoms with Gasteiger partial charge in [0.15, 0.2) is 0 Å². The third kappa shape index (κ3) is 5.38. The maximum absolute atomic E-state index is 13.4. The van der Waals surface area contributed by atoms with Gasteiger partial charge in [-0.25, -0.2) is 0 Å². The third-order valence-corrected chi connectivity index (χ3v) is 6.37. The van der Waals surface area contributed by atoms with E-state index in [9.17, 15) is 14.7 Å². The number of carbonyl (C=O) groups is 2. The highest BCUT2D eigenvalue weighted by Gasteiger charge is 2.47. The number of nitrogens with zero attached hydrogens (tertiary/aromatic N) is 1. The van der Waals surface area contributed by atoms with E-state index in [1.165, 1.54) is 4.90 Å². The van der Waals surface area contributed by atoms with Gasteiger partial charge in [-0.15, -0.1) is 0 Å². The number of ether oxygens (including phenoxy) is 2. The number of aliphatic hydroxyl groups excluding tert-OH is 1. The molecule has 6 nitrogen and oxygen atoms in total. The molecule has 0 saturated carbocycles. The summed E-state index contributed by atoms with van der Waals surface area (Å²) in [5.41, 5.74) is 2.88. The fourth-order valence-corrected chi connectivity index (χ4v) is 4.45. The van der Waals surface area contributed by atoms with Crippen molar-refractivity contribution in [2.75, 3.05) is 18.1 Å². The van der Waals surface area contributed by atoms with Crippen LogP contribution in [0.1, 0.15) is 62.8 Å². The molecule has 1 amide bonds. The average molecular weight is 500 g/mol. The summed E-state index contributed by atoms with van der Waals surface area (Å²) in [6.07, 6.45) is 0.880. The topological polar surface area (TPSA) is 76.1 Å². The monoisotopic (exact) mass is 499 g/mol. The van der Waals surface area contributed by atoms with Gasteiger partial charge in [0.2, 0.25) is 0 Å².